The van der Waals surface area contributed by atoms with Crippen LogP contribution in [0.4, 0.5) is 0 Å². The Hall–Kier alpha value is -1.05. The Morgan fingerprint density at radius 3 is 2.48 bits per heavy atom. The zero-order valence-electron chi connectivity index (χ0n) is 14.8. The summed E-state index contributed by atoms with van der Waals surface area (Å²) in [6, 6.07) is 7.00. The third kappa shape index (κ3) is 5.46. The van der Waals surface area contributed by atoms with Crippen molar-refractivity contribution in [2.75, 3.05) is 50.3 Å². The summed E-state index contributed by atoms with van der Waals surface area (Å²) in [4.78, 5) is 11.1. The van der Waals surface area contributed by atoms with Gasteiger partial charge in [-0.1, -0.05) is 12.1 Å². The number of carbonyl (C=O) groups is 1. The molecule has 2 aliphatic rings. The summed E-state index contributed by atoms with van der Waals surface area (Å²) in [7, 11) is 3.45. The van der Waals surface area contributed by atoms with E-state index in [2.05, 4.69) is 40.6 Å². The average Bonchev–Trinajstić information content (AvgIpc) is 2.97. The van der Waals surface area contributed by atoms with Crippen LogP contribution in [0.1, 0.15) is 17.9 Å². The predicted molar refractivity (Wildman–Crippen MR) is 106 cm³/mol. The van der Waals surface area contributed by atoms with Crippen LogP contribution in [-0.4, -0.2) is 72.8 Å². The summed E-state index contributed by atoms with van der Waals surface area (Å²) in [6.45, 7) is 2.10. The monoisotopic (exact) mass is 385 g/mol. The second-order valence-corrected chi connectivity index (χ2v) is 8.27. The normalized spacial score (nSPS) is 21.8. The third-order valence-corrected chi connectivity index (χ3v) is 7.09. The number of likely N-dealkylation sites (tertiary alicyclic amines) is 1. The van der Waals surface area contributed by atoms with Crippen molar-refractivity contribution in [1.29, 1.82) is 0 Å². The lowest BCUT2D eigenvalue weighted by Crippen LogP contribution is -2.36. The van der Waals surface area contributed by atoms with Gasteiger partial charge in [0.15, 0.2) is 11.5 Å². The van der Waals surface area contributed by atoms with Crippen molar-refractivity contribution in [3.8, 4) is 11.5 Å². The molecule has 0 bridgehead atoms. The summed E-state index contributed by atoms with van der Waals surface area (Å²) in [5.41, 5.74) is 1.30. The minimum Gasteiger partial charge on any atom is -0.493 e. The fourth-order valence-corrected chi connectivity index (χ4v) is 6.05. The van der Waals surface area contributed by atoms with Crippen molar-refractivity contribution in [1.82, 2.24) is 4.90 Å². The van der Waals surface area contributed by atoms with Crippen molar-refractivity contribution >= 4 is 30.0 Å². The molecule has 1 aromatic rings. The predicted octanol–water partition coefficient (Wildman–Crippen LogP) is 3.04. The minimum atomic E-state index is -0.250. The minimum absolute atomic E-state index is 0.250. The molecule has 0 radical (unpaired) electrons. The lowest BCUT2D eigenvalue weighted by atomic mass is 9.97. The molecule has 1 atom stereocenters. The highest BCUT2D eigenvalue weighted by molar-refractivity contribution is 8.03. The lowest BCUT2D eigenvalue weighted by molar-refractivity contribution is -0.122. The number of para-hydroxylation sites is 1. The van der Waals surface area contributed by atoms with E-state index in [1.54, 1.807) is 14.2 Å². The van der Waals surface area contributed by atoms with Gasteiger partial charge in [0, 0.05) is 47.1 Å². The van der Waals surface area contributed by atoms with Crippen LogP contribution >= 0.6 is 23.5 Å². The van der Waals surface area contributed by atoms with Gasteiger partial charge in [-0.15, -0.1) is 0 Å². The zero-order chi connectivity index (χ0) is 18.1. The van der Waals surface area contributed by atoms with Crippen molar-refractivity contribution in [3.05, 3.63) is 23.8 Å². The van der Waals surface area contributed by atoms with Crippen molar-refractivity contribution < 1.29 is 19.4 Å². The Balaban J connectivity index is 0.000000701. The number of hydrogen-bond donors (Lipinski definition) is 1. The fourth-order valence-electron chi connectivity index (χ4n) is 3.42. The summed E-state index contributed by atoms with van der Waals surface area (Å²) in [5.74, 6) is 7.51. The molecule has 1 unspecified atom stereocenters. The van der Waals surface area contributed by atoms with E-state index in [4.69, 9.17) is 19.4 Å². The van der Waals surface area contributed by atoms with Crippen molar-refractivity contribution in [3.63, 3.8) is 0 Å². The van der Waals surface area contributed by atoms with Crippen LogP contribution in [-0.2, 0) is 4.79 Å². The second kappa shape index (κ2) is 10.8. The van der Waals surface area contributed by atoms with Gasteiger partial charge in [-0.25, -0.2) is 0 Å². The molecule has 1 N–H and O–H groups in total. The Bertz CT molecular complexity index is 536. The van der Waals surface area contributed by atoms with Gasteiger partial charge in [0.1, 0.15) is 0 Å². The summed E-state index contributed by atoms with van der Waals surface area (Å²) < 4.78 is 11.1. The van der Waals surface area contributed by atoms with E-state index in [1.807, 2.05) is 6.07 Å². The quantitative estimate of drug-likeness (QED) is 0.800. The molecule has 140 valence electrons. The van der Waals surface area contributed by atoms with Crippen LogP contribution in [0.25, 0.3) is 0 Å². The number of methoxy groups -OCH3 is 2. The Kier molecular flexibility index (Phi) is 8.78. The van der Waals surface area contributed by atoms with E-state index in [1.165, 1.54) is 41.5 Å². The molecule has 2 aliphatic heterocycles. The van der Waals surface area contributed by atoms with Gasteiger partial charge < -0.3 is 14.6 Å². The molecule has 0 saturated carbocycles. The maximum absolute atomic E-state index is 8.36. The van der Waals surface area contributed by atoms with E-state index >= 15 is 0 Å². The zero-order valence-corrected chi connectivity index (χ0v) is 16.5. The second-order valence-electron chi connectivity index (χ2n) is 5.97. The van der Waals surface area contributed by atoms with Crippen molar-refractivity contribution in [2.24, 2.45) is 0 Å². The van der Waals surface area contributed by atoms with Gasteiger partial charge in [0.25, 0.3) is 6.47 Å². The number of ether oxygens (including phenoxy) is 2. The number of hydrogen-bond acceptors (Lipinski definition) is 6. The Labute approximate surface area is 158 Å². The first-order chi connectivity index (χ1) is 12.2. The van der Waals surface area contributed by atoms with E-state index in [9.17, 15) is 0 Å². The topological polar surface area (TPSA) is 59.0 Å². The molecule has 5 nitrogen and oxygen atoms in total. The molecule has 7 heteroatoms. The number of thioether (sulfide) groups is 2. The number of nitrogens with zero attached hydrogens (tertiary/aromatic N) is 1. The Morgan fingerprint density at radius 2 is 1.88 bits per heavy atom. The summed E-state index contributed by atoms with van der Waals surface area (Å²) in [5, 5.41) is 6.89. The molecule has 2 heterocycles. The molecule has 1 aromatic carbocycles. The van der Waals surface area contributed by atoms with Gasteiger partial charge in [-0.05, 0) is 19.0 Å². The molecule has 2 saturated heterocycles. The molecule has 0 aromatic heterocycles. The van der Waals surface area contributed by atoms with Crippen molar-refractivity contribution in [2.45, 2.75) is 18.4 Å². The van der Waals surface area contributed by atoms with Crippen LogP contribution in [0.5, 0.6) is 11.5 Å². The molecule has 25 heavy (non-hydrogen) atoms. The smallest absolute Gasteiger partial charge is 0.290 e. The molecule has 3 rings (SSSR count). The standard InChI is InChI=1S/C17H25NO2S2.CH2O2/c1-19-16-5-3-4-15(17(16)20-2)13-6-7-18(10-13)14-11-21-8-9-22-12-14;2-1-3/h3-5,13-14H,6-12H2,1-2H3;1H,(H,2,3). The van der Waals surface area contributed by atoms with Crippen LogP contribution < -0.4 is 9.47 Å². The van der Waals surface area contributed by atoms with E-state index in [0.717, 1.165) is 24.1 Å². The van der Waals surface area contributed by atoms with Gasteiger partial charge in [-0.3, -0.25) is 9.69 Å². The van der Waals surface area contributed by atoms with E-state index in [0.29, 0.717) is 5.92 Å². The Morgan fingerprint density at radius 1 is 1.20 bits per heavy atom. The molecular formula is C18H27NO4S2. The molecule has 0 amide bonds. The number of carboxylic acid groups (broad SMARTS) is 1. The number of benzene rings is 1. The summed E-state index contributed by atoms with van der Waals surface area (Å²) in [6.07, 6.45) is 1.22. The lowest BCUT2D eigenvalue weighted by Gasteiger charge is -2.26. The molecule has 0 spiro atoms. The van der Waals surface area contributed by atoms with Crippen LogP contribution in [0.2, 0.25) is 0 Å². The maximum atomic E-state index is 8.36. The highest BCUT2D eigenvalue weighted by Crippen LogP contribution is 2.40. The third-order valence-electron chi connectivity index (χ3n) is 4.60. The average molecular weight is 386 g/mol. The summed E-state index contributed by atoms with van der Waals surface area (Å²) >= 11 is 4.23. The molecule has 0 aliphatic carbocycles. The molecule has 2 fully saturated rings. The highest BCUT2D eigenvalue weighted by atomic mass is 32.2. The SMILES string of the molecule is COc1cccc(C2CCN(C3CSCCSC3)C2)c1OC.O=CO. The number of rotatable bonds is 4. The van der Waals surface area contributed by atoms with E-state index in [-0.39, 0.29) is 6.47 Å². The van der Waals surface area contributed by atoms with E-state index < -0.39 is 0 Å². The maximum Gasteiger partial charge on any atom is 0.290 e. The van der Waals surface area contributed by atoms with Gasteiger partial charge in [-0.2, -0.15) is 23.5 Å². The fraction of sp³-hybridized carbons (Fsp3) is 0.611. The first kappa shape index (κ1) is 20.3. The highest BCUT2D eigenvalue weighted by Gasteiger charge is 2.31. The van der Waals surface area contributed by atoms with Gasteiger partial charge in [0.05, 0.1) is 14.2 Å². The first-order valence-corrected chi connectivity index (χ1v) is 10.7. The molecular weight excluding hydrogens is 358 g/mol. The van der Waals surface area contributed by atoms with Crippen LogP contribution in [0.15, 0.2) is 18.2 Å². The van der Waals surface area contributed by atoms with Crippen LogP contribution in [0.3, 0.4) is 0 Å². The van der Waals surface area contributed by atoms with Gasteiger partial charge in [0.2, 0.25) is 0 Å². The van der Waals surface area contributed by atoms with Gasteiger partial charge >= 0.3 is 0 Å². The largest absolute Gasteiger partial charge is 0.493 e. The first-order valence-electron chi connectivity index (χ1n) is 8.43. The van der Waals surface area contributed by atoms with Crippen LogP contribution in [0, 0.1) is 0 Å².